The molecule has 0 unspecified atom stereocenters. The van der Waals surface area contributed by atoms with Gasteiger partial charge in [-0.15, -0.1) is 0 Å². The van der Waals surface area contributed by atoms with Crippen molar-refractivity contribution in [3.8, 4) is 0 Å². The predicted molar refractivity (Wildman–Crippen MR) is 69.0 cm³/mol. The highest BCUT2D eigenvalue weighted by atomic mass is 16.5. The number of anilines is 1. The van der Waals surface area contributed by atoms with Crippen LogP contribution in [0.15, 0.2) is 12.3 Å². The number of rotatable bonds is 8. The van der Waals surface area contributed by atoms with Crippen LogP contribution in [-0.2, 0) is 11.3 Å². The fourth-order valence-corrected chi connectivity index (χ4v) is 1.41. The van der Waals surface area contributed by atoms with Crippen molar-refractivity contribution in [2.24, 2.45) is 0 Å². The quantitative estimate of drug-likeness (QED) is 0.741. The third-order valence-electron chi connectivity index (χ3n) is 2.36. The Morgan fingerprint density at radius 2 is 2.29 bits per heavy atom. The van der Waals surface area contributed by atoms with Gasteiger partial charge in [-0.05, 0) is 19.5 Å². The first-order valence-electron chi connectivity index (χ1n) is 5.99. The molecular formula is C12H22N4O. The Balaban J connectivity index is 2.47. The molecule has 1 rings (SSSR count). The summed E-state index contributed by atoms with van der Waals surface area (Å²) in [6, 6.07) is 1.94. The Hall–Kier alpha value is -1.20. The number of ether oxygens (including phenoxy) is 1. The number of hydrogen-bond acceptors (Lipinski definition) is 5. The molecule has 0 saturated heterocycles. The first-order valence-corrected chi connectivity index (χ1v) is 5.99. The summed E-state index contributed by atoms with van der Waals surface area (Å²) in [5.74, 6) is 0.712. The van der Waals surface area contributed by atoms with Gasteiger partial charge in [-0.3, -0.25) is 4.90 Å². The first kappa shape index (κ1) is 13.9. The van der Waals surface area contributed by atoms with Crippen LogP contribution in [0, 0.1) is 0 Å². The first-order chi connectivity index (χ1) is 8.26. The van der Waals surface area contributed by atoms with Crippen molar-refractivity contribution >= 4 is 5.95 Å². The molecule has 1 aromatic heterocycles. The van der Waals surface area contributed by atoms with Gasteiger partial charge in [0, 0.05) is 32.9 Å². The van der Waals surface area contributed by atoms with Crippen molar-refractivity contribution in [1.29, 1.82) is 0 Å². The molecule has 0 bridgehead atoms. The molecule has 1 N–H and O–H groups in total. The second-order valence-corrected chi connectivity index (χ2v) is 4.03. The van der Waals surface area contributed by atoms with Crippen LogP contribution in [-0.4, -0.2) is 48.7 Å². The van der Waals surface area contributed by atoms with Crippen molar-refractivity contribution < 1.29 is 4.74 Å². The lowest BCUT2D eigenvalue weighted by molar-refractivity contribution is 0.158. The minimum atomic E-state index is 0.712. The van der Waals surface area contributed by atoms with E-state index in [4.69, 9.17) is 4.74 Å². The molecule has 1 heterocycles. The average molecular weight is 238 g/mol. The zero-order chi connectivity index (χ0) is 12.5. The SMILES string of the molecule is CCCNc1nccc(CN(C)CCOC)n1. The standard InChI is InChI=1S/C12H22N4O/c1-4-6-13-12-14-7-5-11(15-12)10-16(2)8-9-17-3/h5,7H,4,6,8-10H2,1-3H3,(H,13,14,15). The van der Waals surface area contributed by atoms with Gasteiger partial charge in [0.2, 0.25) is 5.95 Å². The van der Waals surface area contributed by atoms with Crippen LogP contribution in [0.4, 0.5) is 5.95 Å². The van der Waals surface area contributed by atoms with E-state index in [1.54, 1.807) is 13.3 Å². The Bertz CT molecular complexity index is 319. The van der Waals surface area contributed by atoms with Crippen LogP contribution in [0.3, 0.4) is 0 Å². The molecule has 0 fully saturated rings. The summed E-state index contributed by atoms with van der Waals surface area (Å²) < 4.78 is 5.04. The van der Waals surface area contributed by atoms with Gasteiger partial charge in [0.1, 0.15) is 0 Å². The smallest absolute Gasteiger partial charge is 0.222 e. The van der Waals surface area contributed by atoms with Crippen molar-refractivity contribution in [1.82, 2.24) is 14.9 Å². The van der Waals surface area contributed by atoms with E-state index in [1.807, 2.05) is 6.07 Å². The third-order valence-corrected chi connectivity index (χ3v) is 2.36. The summed E-state index contributed by atoms with van der Waals surface area (Å²) in [5.41, 5.74) is 1.03. The third kappa shape index (κ3) is 5.60. The van der Waals surface area contributed by atoms with Gasteiger partial charge >= 0.3 is 0 Å². The fourth-order valence-electron chi connectivity index (χ4n) is 1.41. The number of nitrogens with zero attached hydrogens (tertiary/aromatic N) is 3. The molecule has 0 aromatic carbocycles. The van der Waals surface area contributed by atoms with Crippen LogP contribution < -0.4 is 5.32 Å². The molecule has 0 aliphatic carbocycles. The van der Waals surface area contributed by atoms with E-state index in [2.05, 4.69) is 34.2 Å². The van der Waals surface area contributed by atoms with Crippen LogP contribution in [0.25, 0.3) is 0 Å². The molecule has 0 atom stereocenters. The highest BCUT2D eigenvalue weighted by molar-refractivity contribution is 5.24. The minimum absolute atomic E-state index is 0.712. The lowest BCUT2D eigenvalue weighted by atomic mass is 10.3. The second-order valence-electron chi connectivity index (χ2n) is 4.03. The van der Waals surface area contributed by atoms with Crippen molar-refractivity contribution in [3.05, 3.63) is 18.0 Å². The lowest BCUT2D eigenvalue weighted by Crippen LogP contribution is -2.23. The predicted octanol–water partition coefficient (Wildman–Crippen LogP) is 1.38. The number of hydrogen-bond donors (Lipinski definition) is 1. The molecule has 96 valence electrons. The van der Waals surface area contributed by atoms with Crippen LogP contribution in [0.1, 0.15) is 19.0 Å². The molecule has 0 spiro atoms. The zero-order valence-electron chi connectivity index (χ0n) is 10.9. The van der Waals surface area contributed by atoms with Crippen LogP contribution >= 0.6 is 0 Å². The van der Waals surface area contributed by atoms with Gasteiger partial charge in [0.15, 0.2) is 0 Å². The Morgan fingerprint density at radius 1 is 1.47 bits per heavy atom. The molecule has 0 aliphatic rings. The Morgan fingerprint density at radius 3 is 3.00 bits per heavy atom. The monoisotopic (exact) mass is 238 g/mol. The largest absolute Gasteiger partial charge is 0.383 e. The van der Waals surface area contributed by atoms with Crippen molar-refractivity contribution in [2.45, 2.75) is 19.9 Å². The van der Waals surface area contributed by atoms with Gasteiger partial charge in [0.05, 0.1) is 12.3 Å². The van der Waals surface area contributed by atoms with E-state index < -0.39 is 0 Å². The Labute approximate surface area is 103 Å². The number of nitrogens with one attached hydrogen (secondary N) is 1. The maximum absolute atomic E-state index is 5.04. The van der Waals surface area contributed by atoms with Crippen LogP contribution in [0.5, 0.6) is 0 Å². The zero-order valence-corrected chi connectivity index (χ0v) is 10.9. The van der Waals surface area contributed by atoms with Gasteiger partial charge < -0.3 is 10.1 Å². The number of likely N-dealkylation sites (N-methyl/N-ethyl adjacent to an activating group) is 1. The molecular weight excluding hydrogens is 216 g/mol. The number of methoxy groups -OCH3 is 1. The summed E-state index contributed by atoms with van der Waals surface area (Å²) in [7, 11) is 3.77. The summed E-state index contributed by atoms with van der Waals surface area (Å²) in [5, 5.41) is 3.19. The highest BCUT2D eigenvalue weighted by Gasteiger charge is 2.02. The van der Waals surface area contributed by atoms with E-state index in [0.717, 1.165) is 38.4 Å². The lowest BCUT2D eigenvalue weighted by Gasteiger charge is -2.15. The van der Waals surface area contributed by atoms with E-state index in [1.165, 1.54) is 0 Å². The summed E-state index contributed by atoms with van der Waals surface area (Å²) in [6.45, 7) is 5.48. The summed E-state index contributed by atoms with van der Waals surface area (Å²) in [4.78, 5) is 10.8. The molecule has 0 radical (unpaired) electrons. The Kier molecular flexibility index (Phi) is 6.50. The van der Waals surface area contributed by atoms with Gasteiger partial charge in [-0.25, -0.2) is 9.97 Å². The van der Waals surface area contributed by atoms with E-state index >= 15 is 0 Å². The summed E-state index contributed by atoms with van der Waals surface area (Å²) in [6.07, 6.45) is 2.87. The number of aromatic nitrogens is 2. The maximum Gasteiger partial charge on any atom is 0.222 e. The van der Waals surface area contributed by atoms with Crippen molar-refractivity contribution in [3.63, 3.8) is 0 Å². The normalized spacial score (nSPS) is 10.8. The van der Waals surface area contributed by atoms with Crippen molar-refractivity contribution in [2.75, 3.05) is 39.2 Å². The fraction of sp³-hybridized carbons (Fsp3) is 0.667. The summed E-state index contributed by atoms with van der Waals surface area (Å²) >= 11 is 0. The average Bonchev–Trinajstić information content (AvgIpc) is 2.34. The van der Waals surface area contributed by atoms with E-state index in [0.29, 0.717) is 5.95 Å². The molecule has 0 aliphatic heterocycles. The second kappa shape index (κ2) is 7.97. The molecule has 5 nitrogen and oxygen atoms in total. The van der Waals surface area contributed by atoms with Gasteiger partial charge in [-0.1, -0.05) is 6.92 Å². The van der Waals surface area contributed by atoms with Gasteiger partial charge in [0.25, 0.3) is 0 Å². The van der Waals surface area contributed by atoms with E-state index in [-0.39, 0.29) is 0 Å². The molecule has 1 aromatic rings. The highest BCUT2D eigenvalue weighted by Crippen LogP contribution is 2.03. The van der Waals surface area contributed by atoms with E-state index in [9.17, 15) is 0 Å². The minimum Gasteiger partial charge on any atom is -0.383 e. The molecule has 5 heteroatoms. The molecule has 0 saturated carbocycles. The van der Waals surface area contributed by atoms with Crippen LogP contribution in [0.2, 0.25) is 0 Å². The van der Waals surface area contributed by atoms with Gasteiger partial charge in [-0.2, -0.15) is 0 Å². The topological polar surface area (TPSA) is 50.3 Å². The molecule has 0 amide bonds. The maximum atomic E-state index is 5.04. The molecule has 17 heavy (non-hydrogen) atoms.